The Balaban J connectivity index is 1.25. The van der Waals surface area contributed by atoms with Gasteiger partial charge in [0, 0.05) is 38.6 Å². The van der Waals surface area contributed by atoms with Crippen LogP contribution in [0.25, 0.3) is 11.0 Å². The number of amides is 2. The van der Waals surface area contributed by atoms with Crippen molar-refractivity contribution in [3.05, 3.63) is 42.5 Å². The van der Waals surface area contributed by atoms with Gasteiger partial charge in [0.15, 0.2) is 0 Å². The first-order chi connectivity index (χ1) is 13.6. The fourth-order valence-electron chi connectivity index (χ4n) is 4.32. The van der Waals surface area contributed by atoms with Crippen molar-refractivity contribution in [1.82, 2.24) is 25.1 Å². The van der Waals surface area contributed by atoms with Crippen LogP contribution in [0.2, 0.25) is 0 Å². The van der Waals surface area contributed by atoms with Gasteiger partial charge in [-0.3, -0.25) is 4.90 Å². The van der Waals surface area contributed by atoms with Crippen LogP contribution in [0.15, 0.2) is 30.9 Å². The average Bonchev–Trinajstić information content (AvgIpc) is 3.33. The maximum absolute atomic E-state index is 13.4. The third-order valence-corrected chi connectivity index (χ3v) is 5.93. The van der Waals surface area contributed by atoms with Crippen LogP contribution < -0.4 is 5.32 Å². The van der Waals surface area contributed by atoms with E-state index in [1.807, 2.05) is 11.0 Å². The quantitative estimate of drug-likeness (QED) is 0.778. The van der Waals surface area contributed by atoms with E-state index in [0.717, 1.165) is 75.4 Å². The SMILES string of the molecule is C=CCN1CC[C@H](CNC(=O)N2CCC(c3nc4ccc(F)cc4[nH]3)CC2)C1. The highest BCUT2D eigenvalue weighted by molar-refractivity contribution is 5.75. The minimum Gasteiger partial charge on any atom is -0.342 e. The highest BCUT2D eigenvalue weighted by Crippen LogP contribution is 2.28. The van der Waals surface area contributed by atoms with E-state index in [1.165, 1.54) is 12.1 Å². The molecule has 3 heterocycles. The molecule has 1 aromatic heterocycles. The van der Waals surface area contributed by atoms with Crippen molar-refractivity contribution in [2.75, 3.05) is 39.3 Å². The van der Waals surface area contributed by atoms with Crippen LogP contribution in [0.5, 0.6) is 0 Å². The van der Waals surface area contributed by atoms with Gasteiger partial charge in [-0.05, 0) is 49.9 Å². The van der Waals surface area contributed by atoms with Gasteiger partial charge in [0.05, 0.1) is 11.0 Å². The molecule has 1 atom stereocenters. The first kappa shape index (κ1) is 18.9. The fraction of sp³-hybridized carbons (Fsp3) is 0.524. The van der Waals surface area contributed by atoms with Crippen LogP contribution in [-0.4, -0.2) is 65.1 Å². The molecular formula is C21H28FN5O. The zero-order valence-corrected chi connectivity index (χ0v) is 16.2. The summed E-state index contributed by atoms with van der Waals surface area (Å²) in [6, 6.07) is 4.65. The number of carbonyl (C=O) groups is 1. The molecule has 7 heteroatoms. The predicted octanol–water partition coefficient (Wildman–Crippen LogP) is 3.10. The smallest absolute Gasteiger partial charge is 0.317 e. The van der Waals surface area contributed by atoms with Crippen molar-refractivity contribution in [2.45, 2.75) is 25.2 Å². The summed E-state index contributed by atoms with van der Waals surface area (Å²) in [4.78, 5) is 24.6. The Kier molecular flexibility index (Phi) is 5.62. The molecule has 2 fully saturated rings. The number of rotatable bonds is 5. The number of halogens is 1. The monoisotopic (exact) mass is 385 g/mol. The summed E-state index contributed by atoms with van der Waals surface area (Å²) in [5.74, 6) is 1.44. The number of carbonyl (C=O) groups excluding carboxylic acids is 1. The van der Waals surface area contributed by atoms with Crippen molar-refractivity contribution in [2.24, 2.45) is 5.92 Å². The number of aromatic nitrogens is 2. The van der Waals surface area contributed by atoms with E-state index in [0.29, 0.717) is 5.92 Å². The number of aromatic amines is 1. The summed E-state index contributed by atoms with van der Waals surface area (Å²) < 4.78 is 13.4. The van der Waals surface area contributed by atoms with Gasteiger partial charge in [-0.1, -0.05) is 6.08 Å². The third kappa shape index (κ3) is 4.19. The normalized spacial score (nSPS) is 21.3. The maximum Gasteiger partial charge on any atom is 0.317 e. The molecule has 2 aliphatic rings. The molecule has 150 valence electrons. The Bertz CT molecular complexity index is 842. The molecule has 2 N–H and O–H groups in total. The number of hydrogen-bond acceptors (Lipinski definition) is 3. The zero-order valence-electron chi connectivity index (χ0n) is 16.2. The van der Waals surface area contributed by atoms with Gasteiger partial charge < -0.3 is 15.2 Å². The standard InChI is InChI=1S/C21H28FN5O/c1-2-8-26-9-5-15(14-26)13-23-21(28)27-10-6-16(7-11-27)20-24-18-4-3-17(22)12-19(18)25-20/h2-4,12,15-16H,1,5-11,13-14H2,(H,23,28)(H,24,25)/t15-/m1/s1. The number of H-pyrrole nitrogens is 1. The Morgan fingerprint density at radius 2 is 2.14 bits per heavy atom. The van der Waals surface area contributed by atoms with Gasteiger partial charge in [0.25, 0.3) is 0 Å². The summed E-state index contributed by atoms with van der Waals surface area (Å²) in [5, 5.41) is 3.11. The topological polar surface area (TPSA) is 64.3 Å². The lowest BCUT2D eigenvalue weighted by Gasteiger charge is -2.31. The van der Waals surface area contributed by atoms with E-state index in [1.54, 1.807) is 6.07 Å². The van der Waals surface area contributed by atoms with E-state index in [2.05, 4.69) is 26.8 Å². The lowest BCUT2D eigenvalue weighted by molar-refractivity contribution is 0.179. The molecule has 0 saturated carbocycles. The number of urea groups is 1. The summed E-state index contributed by atoms with van der Waals surface area (Å²) in [6.07, 6.45) is 4.80. The van der Waals surface area contributed by atoms with Gasteiger partial charge in [-0.25, -0.2) is 14.2 Å². The van der Waals surface area contributed by atoms with Gasteiger partial charge >= 0.3 is 6.03 Å². The van der Waals surface area contributed by atoms with E-state index in [-0.39, 0.29) is 17.8 Å². The maximum atomic E-state index is 13.4. The minimum atomic E-state index is -0.260. The van der Waals surface area contributed by atoms with E-state index >= 15 is 0 Å². The summed E-state index contributed by atoms with van der Waals surface area (Å²) in [7, 11) is 0. The molecule has 2 aliphatic heterocycles. The number of hydrogen-bond donors (Lipinski definition) is 2. The Morgan fingerprint density at radius 1 is 1.32 bits per heavy atom. The van der Waals surface area contributed by atoms with E-state index in [9.17, 15) is 9.18 Å². The molecule has 6 nitrogen and oxygen atoms in total. The molecule has 0 bridgehead atoms. The highest BCUT2D eigenvalue weighted by atomic mass is 19.1. The number of likely N-dealkylation sites (tertiary alicyclic amines) is 2. The average molecular weight is 385 g/mol. The largest absolute Gasteiger partial charge is 0.342 e. The summed E-state index contributed by atoms with van der Waals surface area (Å²) in [5.41, 5.74) is 1.52. The van der Waals surface area contributed by atoms with Gasteiger partial charge in [0.1, 0.15) is 11.6 Å². The Morgan fingerprint density at radius 3 is 2.93 bits per heavy atom. The predicted molar refractivity (Wildman–Crippen MR) is 108 cm³/mol. The molecule has 2 amide bonds. The number of piperidine rings is 1. The van der Waals surface area contributed by atoms with Crippen molar-refractivity contribution in [1.29, 1.82) is 0 Å². The van der Waals surface area contributed by atoms with E-state index < -0.39 is 0 Å². The van der Waals surface area contributed by atoms with Crippen LogP contribution >= 0.6 is 0 Å². The molecule has 2 aromatic rings. The van der Waals surface area contributed by atoms with Gasteiger partial charge in [-0.15, -0.1) is 6.58 Å². The third-order valence-electron chi connectivity index (χ3n) is 5.93. The molecule has 0 radical (unpaired) electrons. The minimum absolute atomic E-state index is 0.0345. The summed E-state index contributed by atoms with van der Waals surface area (Å²) in [6.45, 7) is 8.99. The molecule has 28 heavy (non-hydrogen) atoms. The second-order valence-corrected chi connectivity index (χ2v) is 7.93. The van der Waals surface area contributed by atoms with Gasteiger partial charge in [0.2, 0.25) is 0 Å². The van der Waals surface area contributed by atoms with Crippen LogP contribution in [0.1, 0.15) is 31.0 Å². The second-order valence-electron chi connectivity index (χ2n) is 7.93. The van der Waals surface area contributed by atoms with Crippen LogP contribution in [0.4, 0.5) is 9.18 Å². The van der Waals surface area contributed by atoms with Crippen molar-refractivity contribution < 1.29 is 9.18 Å². The van der Waals surface area contributed by atoms with E-state index in [4.69, 9.17) is 0 Å². The van der Waals surface area contributed by atoms with Gasteiger partial charge in [-0.2, -0.15) is 0 Å². The molecule has 0 spiro atoms. The number of imidazole rings is 1. The lowest BCUT2D eigenvalue weighted by atomic mass is 9.96. The first-order valence-electron chi connectivity index (χ1n) is 10.1. The van der Waals surface area contributed by atoms with Crippen LogP contribution in [-0.2, 0) is 0 Å². The lowest BCUT2D eigenvalue weighted by Crippen LogP contribution is -2.45. The highest BCUT2D eigenvalue weighted by Gasteiger charge is 2.27. The van der Waals surface area contributed by atoms with Crippen molar-refractivity contribution in [3.63, 3.8) is 0 Å². The molecular weight excluding hydrogens is 357 g/mol. The molecule has 2 saturated heterocycles. The summed E-state index contributed by atoms with van der Waals surface area (Å²) >= 11 is 0. The fourth-order valence-corrected chi connectivity index (χ4v) is 4.32. The number of nitrogens with zero attached hydrogens (tertiary/aromatic N) is 3. The molecule has 0 aliphatic carbocycles. The Labute approximate surface area is 164 Å². The number of fused-ring (bicyclic) bond motifs is 1. The van der Waals surface area contributed by atoms with Crippen molar-refractivity contribution >= 4 is 17.1 Å². The van der Waals surface area contributed by atoms with Crippen molar-refractivity contribution in [3.8, 4) is 0 Å². The van der Waals surface area contributed by atoms with Crippen LogP contribution in [0, 0.1) is 11.7 Å². The molecule has 0 unspecified atom stereocenters. The Hall–Kier alpha value is -2.41. The number of benzene rings is 1. The first-order valence-corrected chi connectivity index (χ1v) is 10.1. The van der Waals surface area contributed by atoms with Crippen LogP contribution in [0.3, 0.4) is 0 Å². The zero-order chi connectivity index (χ0) is 19.5. The second kappa shape index (κ2) is 8.31. The number of nitrogens with one attached hydrogen (secondary N) is 2. The molecule has 4 rings (SSSR count). The molecule has 1 aromatic carbocycles.